The van der Waals surface area contributed by atoms with Crippen molar-refractivity contribution < 1.29 is 23.1 Å². The topological polar surface area (TPSA) is 91.8 Å². The third-order valence-electron chi connectivity index (χ3n) is 4.66. The van der Waals surface area contributed by atoms with Crippen molar-refractivity contribution in [1.29, 1.82) is 0 Å². The lowest BCUT2D eigenvalue weighted by molar-refractivity contribution is -0.141. The lowest BCUT2D eigenvalue weighted by atomic mass is 9.89. The molecule has 1 heterocycles. The largest absolute Gasteiger partial charge is 0.481 e. The van der Waals surface area contributed by atoms with Gasteiger partial charge in [-0.15, -0.1) is 0 Å². The minimum Gasteiger partial charge on any atom is -0.481 e. The molecule has 2 atom stereocenters. The molecule has 136 valence electrons. The zero-order valence-electron chi connectivity index (χ0n) is 14.2. The van der Waals surface area contributed by atoms with Crippen LogP contribution in [0.25, 0.3) is 0 Å². The van der Waals surface area contributed by atoms with E-state index in [1.807, 2.05) is 30.3 Å². The van der Waals surface area contributed by atoms with E-state index in [4.69, 9.17) is 0 Å². The van der Waals surface area contributed by atoms with Crippen LogP contribution in [0, 0.1) is 5.92 Å². The van der Waals surface area contributed by atoms with Gasteiger partial charge in [-0.2, -0.15) is 0 Å². The Kier molecular flexibility index (Phi) is 4.82. The Hall–Kier alpha value is -2.67. The van der Waals surface area contributed by atoms with Crippen LogP contribution < -0.4 is 0 Å². The van der Waals surface area contributed by atoms with Crippen molar-refractivity contribution in [3.05, 3.63) is 65.7 Å². The fourth-order valence-corrected chi connectivity index (χ4v) is 3.97. The molecule has 26 heavy (non-hydrogen) atoms. The molecule has 7 heteroatoms. The molecule has 2 unspecified atom stereocenters. The van der Waals surface area contributed by atoms with Gasteiger partial charge in [0.1, 0.15) is 0 Å². The van der Waals surface area contributed by atoms with Crippen LogP contribution in [0.1, 0.15) is 21.8 Å². The van der Waals surface area contributed by atoms with E-state index in [0.29, 0.717) is 0 Å². The molecular weight excluding hydrogens is 354 g/mol. The van der Waals surface area contributed by atoms with Gasteiger partial charge < -0.3 is 10.0 Å². The Balaban J connectivity index is 1.88. The van der Waals surface area contributed by atoms with Crippen molar-refractivity contribution in [1.82, 2.24) is 4.90 Å². The van der Waals surface area contributed by atoms with Crippen molar-refractivity contribution >= 4 is 21.7 Å². The number of carboxylic acids is 1. The van der Waals surface area contributed by atoms with Gasteiger partial charge in [-0.25, -0.2) is 8.42 Å². The van der Waals surface area contributed by atoms with Gasteiger partial charge in [-0.3, -0.25) is 9.59 Å². The molecule has 1 fully saturated rings. The first-order valence-electron chi connectivity index (χ1n) is 8.14. The predicted molar refractivity (Wildman–Crippen MR) is 95.8 cm³/mol. The minimum atomic E-state index is -3.43. The maximum atomic E-state index is 12.8. The van der Waals surface area contributed by atoms with E-state index in [1.54, 1.807) is 6.07 Å². The second-order valence-electron chi connectivity index (χ2n) is 6.47. The maximum Gasteiger partial charge on any atom is 0.308 e. The molecule has 0 saturated carbocycles. The number of hydrogen-bond donors (Lipinski definition) is 1. The lowest BCUT2D eigenvalue weighted by Crippen LogP contribution is -2.30. The number of carbonyl (C=O) groups is 2. The Labute approximate surface area is 152 Å². The fraction of sp³-hybridized carbons (Fsp3) is 0.263. The molecular formula is C19H19NO5S. The summed E-state index contributed by atoms with van der Waals surface area (Å²) >= 11 is 0. The van der Waals surface area contributed by atoms with Crippen LogP contribution in [-0.4, -0.2) is 49.6 Å². The molecule has 1 N–H and O–H groups in total. The molecule has 0 spiro atoms. The zero-order chi connectivity index (χ0) is 18.9. The Bertz CT molecular complexity index is 939. The highest BCUT2D eigenvalue weighted by Gasteiger charge is 2.40. The smallest absolute Gasteiger partial charge is 0.308 e. The Morgan fingerprint density at radius 1 is 1.04 bits per heavy atom. The van der Waals surface area contributed by atoms with Crippen molar-refractivity contribution in [2.24, 2.45) is 5.92 Å². The average molecular weight is 373 g/mol. The highest BCUT2D eigenvalue weighted by molar-refractivity contribution is 7.90. The number of amides is 1. The molecule has 2 aromatic rings. The standard InChI is InChI=1S/C19H19NO5S/c1-26(24,25)15-9-5-8-14(10-15)18(21)20-11-16(17(12-20)19(22)23)13-6-3-2-4-7-13/h2-10,16-17H,11-12H2,1H3,(H,22,23). The van der Waals surface area contributed by atoms with Crippen LogP contribution in [0.3, 0.4) is 0 Å². The van der Waals surface area contributed by atoms with Gasteiger partial charge >= 0.3 is 5.97 Å². The summed E-state index contributed by atoms with van der Waals surface area (Å²) in [5.41, 5.74) is 1.12. The van der Waals surface area contributed by atoms with Crippen LogP contribution in [0.2, 0.25) is 0 Å². The van der Waals surface area contributed by atoms with Gasteiger partial charge in [-0.05, 0) is 23.8 Å². The second-order valence-corrected chi connectivity index (χ2v) is 8.49. The summed E-state index contributed by atoms with van der Waals surface area (Å²) in [5.74, 6) is -2.30. The van der Waals surface area contributed by atoms with E-state index in [0.717, 1.165) is 11.8 Å². The number of likely N-dealkylation sites (tertiary alicyclic amines) is 1. The van der Waals surface area contributed by atoms with Crippen LogP contribution in [-0.2, 0) is 14.6 Å². The molecule has 1 aliphatic heterocycles. The van der Waals surface area contributed by atoms with Crippen molar-refractivity contribution in [2.45, 2.75) is 10.8 Å². The van der Waals surface area contributed by atoms with E-state index >= 15 is 0 Å². The number of carbonyl (C=O) groups excluding carboxylic acids is 1. The number of carboxylic acid groups (broad SMARTS) is 1. The number of rotatable bonds is 4. The highest BCUT2D eigenvalue weighted by Crippen LogP contribution is 2.33. The van der Waals surface area contributed by atoms with Gasteiger partial charge in [0, 0.05) is 30.8 Å². The van der Waals surface area contributed by atoms with Gasteiger partial charge in [-0.1, -0.05) is 36.4 Å². The molecule has 1 amide bonds. The van der Waals surface area contributed by atoms with Crippen molar-refractivity contribution in [3.63, 3.8) is 0 Å². The third kappa shape index (κ3) is 3.62. The van der Waals surface area contributed by atoms with E-state index in [2.05, 4.69) is 0 Å². The summed E-state index contributed by atoms with van der Waals surface area (Å²) in [6.07, 6.45) is 1.08. The third-order valence-corrected chi connectivity index (χ3v) is 5.77. The molecule has 1 saturated heterocycles. The molecule has 0 aliphatic carbocycles. The van der Waals surface area contributed by atoms with Gasteiger partial charge in [0.05, 0.1) is 10.8 Å². The number of sulfone groups is 1. The average Bonchev–Trinajstić information content (AvgIpc) is 3.07. The molecule has 0 aromatic heterocycles. The first-order valence-corrected chi connectivity index (χ1v) is 10.0. The summed E-state index contributed by atoms with van der Waals surface area (Å²) in [5, 5.41) is 9.55. The zero-order valence-corrected chi connectivity index (χ0v) is 15.0. The second kappa shape index (κ2) is 6.92. The first-order chi connectivity index (χ1) is 12.3. The Morgan fingerprint density at radius 3 is 2.35 bits per heavy atom. The summed E-state index contributed by atoms with van der Waals surface area (Å²) in [7, 11) is -3.43. The summed E-state index contributed by atoms with van der Waals surface area (Å²) in [6, 6.07) is 15.1. The van der Waals surface area contributed by atoms with Crippen LogP contribution in [0.5, 0.6) is 0 Å². The molecule has 2 aromatic carbocycles. The number of hydrogen-bond acceptors (Lipinski definition) is 4. The first kappa shape index (κ1) is 18.1. The quantitative estimate of drug-likeness (QED) is 0.885. The molecule has 0 bridgehead atoms. The predicted octanol–water partition coefficient (Wildman–Crippen LogP) is 2.03. The van der Waals surface area contributed by atoms with Gasteiger partial charge in [0.2, 0.25) is 0 Å². The summed E-state index contributed by atoms with van der Waals surface area (Å²) in [4.78, 5) is 26.0. The summed E-state index contributed by atoms with van der Waals surface area (Å²) in [6.45, 7) is 0.375. The normalized spacial score (nSPS) is 20.1. The lowest BCUT2D eigenvalue weighted by Gasteiger charge is -2.17. The highest BCUT2D eigenvalue weighted by atomic mass is 32.2. The van der Waals surface area contributed by atoms with Crippen LogP contribution in [0.4, 0.5) is 0 Å². The van der Waals surface area contributed by atoms with Gasteiger partial charge in [0.25, 0.3) is 5.91 Å². The monoisotopic (exact) mass is 373 g/mol. The molecule has 6 nitrogen and oxygen atoms in total. The van der Waals surface area contributed by atoms with Gasteiger partial charge in [0.15, 0.2) is 9.84 Å². The van der Waals surface area contributed by atoms with E-state index < -0.39 is 21.7 Å². The number of aliphatic carboxylic acids is 1. The van der Waals surface area contributed by atoms with E-state index in [-0.39, 0.29) is 35.4 Å². The molecule has 0 radical (unpaired) electrons. The SMILES string of the molecule is CS(=O)(=O)c1cccc(C(=O)N2CC(C(=O)O)C(c3ccccc3)C2)c1. The van der Waals surface area contributed by atoms with Crippen LogP contribution >= 0.6 is 0 Å². The number of benzene rings is 2. The van der Waals surface area contributed by atoms with Crippen molar-refractivity contribution in [2.75, 3.05) is 19.3 Å². The van der Waals surface area contributed by atoms with Crippen LogP contribution in [0.15, 0.2) is 59.5 Å². The van der Waals surface area contributed by atoms with E-state index in [1.165, 1.54) is 23.1 Å². The van der Waals surface area contributed by atoms with Crippen molar-refractivity contribution in [3.8, 4) is 0 Å². The maximum absolute atomic E-state index is 12.8. The molecule has 3 rings (SSSR count). The molecule has 1 aliphatic rings. The van der Waals surface area contributed by atoms with E-state index in [9.17, 15) is 23.1 Å². The Morgan fingerprint density at radius 2 is 1.73 bits per heavy atom. The number of nitrogens with zero attached hydrogens (tertiary/aromatic N) is 1. The fourth-order valence-electron chi connectivity index (χ4n) is 3.30. The summed E-state index contributed by atoms with van der Waals surface area (Å²) < 4.78 is 23.4. The minimum absolute atomic E-state index is 0.0666.